The normalized spacial score (nSPS) is 11.1. The molecular formula is C13H12BrN3O2S2. The van der Waals surface area contributed by atoms with Gasteiger partial charge in [-0.1, -0.05) is 18.3 Å². The number of hydrogen-bond acceptors (Lipinski definition) is 4. The first kappa shape index (κ1) is 15.9. The summed E-state index contributed by atoms with van der Waals surface area (Å²) in [5.74, 6) is 0. The van der Waals surface area contributed by atoms with E-state index < -0.39 is 10.0 Å². The van der Waals surface area contributed by atoms with Crippen molar-refractivity contribution in [2.75, 3.05) is 5.32 Å². The molecule has 0 saturated carbocycles. The molecule has 0 saturated heterocycles. The minimum Gasteiger partial charge on any atom is -0.389 e. The van der Waals surface area contributed by atoms with Gasteiger partial charge in [0.15, 0.2) is 0 Å². The fourth-order valence-corrected chi connectivity index (χ4v) is 3.17. The van der Waals surface area contributed by atoms with Gasteiger partial charge in [0.25, 0.3) is 0 Å². The maximum Gasteiger partial charge on any atom is 0.238 e. The number of anilines is 2. The van der Waals surface area contributed by atoms with E-state index in [1.54, 1.807) is 30.3 Å². The molecule has 0 amide bonds. The molecule has 0 aromatic heterocycles. The highest BCUT2D eigenvalue weighted by molar-refractivity contribution is 9.10. The van der Waals surface area contributed by atoms with Gasteiger partial charge in [0, 0.05) is 21.4 Å². The Bertz CT molecular complexity index is 807. The molecule has 2 rings (SSSR count). The van der Waals surface area contributed by atoms with Crippen molar-refractivity contribution in [3.63, 3.8) is 0 Å². The fourth-order valence-electron chi connectivity index (χ4n) is 1.71. The van der Waals surface area contributed by atoms with E-state index in [0.717, 1.165) is 15.7 Å². The zero-order chi connectivity index (χ0) is 15.6. The van der Waals surface area contributed by atoms with Crippen LogP contribution < -0.4 is 16.2 Å². The molecule has 5 N–H and O–H groups in total. The molecule has 2 aromatic rings. The van der Waals surface area contributed by atoms with Crippen molar-refractivity contribution in [2.45, 2.75) is 4.90 Å². The van der Waals surface area contributed by atoms with Crippen molar-refractivity contribution >= 4 is 54.5 Å². The Morgan fingerprint density at radius 3 is 2.38 bits per heavy atom. The zero-order valence-corrected chi connectivity index (χ0v) is 13.9. The largest absolute Gasteiger partial charge is 0.389 e. The van der Waals surface area contributed by atoms with Crippen molar-refractivity contribution in [1.82, 2.24) is 0 Å². The molecule has 0 radical (unpaired) electrons. The van der Waals surface area contributed by atoms with Crippen LogP contribution in [0.5, 0.6) is 0 Å². The van der Waals surface area contributed by atoms with Gasteiger partial charge in [-0.3, -0.25) is 0 Å². The molecule has 0 aliphatic carbocycles. The van der Waals surface area contributed by atoms with Gasteiger partial charge in [-0.25, -0.2) is 13.6 Å². The molecule has 0 heterocycles. The number of nitrogens with one attached hydrogen (secondary N) is 1. The third-order valence-corrected chi connectivity index (χ3v) is 4.47. The third-order valence-electron chi connectivity index (χ3n) is 2.69. The Kier molecular flexibility index (Phi) is 4.62. The van der Waals surface area contributed by atoms with Crippen LogP contribution in [0.15, 0.2) is 51.8 Å². The van der Waals surface area contributed by atoms with Gasteiger partial charge in [0.2, 0.25) is 10.0 Å². The number of rotatable bonds is 4. The maximum absolute atomic E-state index is 11.3. The fraction of sp³-hybridized carbons (Fsp3) is 0. The van der Waals surface area contributed by atoms with Crippen LogP contribution in [-0.2, 0) is 10.0 Å². The second-order valence-electron chi connectivity index (χ2n) is 4.26. The van der Waals surface area contributed by atoms with E-state index in [1.165, 1.54) is 12.1 Å². The molecule has 0 spiro atoms. The number of halogens is 1. The lowest BCUT2D eigenvalue weighted by atomic mass is 10.2. The molecule has 0 aliphatic rings. The summed E-state index contributed by atoms with van der Waals surface area (Å²) in [5, 5.41) is 8.19. The van der Waals surface area contributed by atoms with E-state index in [1.807, 2.05) is 0 Å². The van der Waals surface area contributed by atoms with Crippen molar-refractivity contribution in [3.05, 3.63) is 52.5 Å². The van der Waals surface area contributed by atoms with Gasteiger partial charge in [-0.05, 0) is 52.3 Å². The molecule has 0 atom stereocenters. The Morgan fingerprint density at radius 1 is 1.14 bits per heavy atom. The maximum atomic E-state index is 11.3. The third kappa shape index (κ3) is 4.01. The summed E-state index contributed by atoms with van der Waals surface area (Å²) in [6.07, 6.45) is 0. The molecule has 110 valence electrons. The summed E-state index contributed by atoms with van der Waals surface area (Å²) < 4.78 is 23.4. The summed E-state index contributed by atoms with van der Waals surface area (Å²) in [7, 11) is -3.73. The Labute approximate surface area is 136 Å². The highest BCUT2D eigenvalue weighted by Gasteiger charge is 2.09. The number of primary sulfonamides is 1. The molecule has 8 heteroatoms. The van der Waals surface area contributed by atoms with E-state index in [-0.39, 0.29) is 4.90 Å². The summed E-state index contributed by atoms with van der Waals surface area (Å²) in [4.78, 5) is 0.343. The van der Waals surface area contributed by atoms with Gasteiger partial charge in [-0.15, -0.1) is 0 Å². The molecule has 2 aromatic carbocycles. The van der Waals surface area contributed by atoms with E-state index in [0.29, 0.717) is 10.7 Å². The minimum atomic E-state index is -3.73. The number of nitrogens with two attached hydrogens (primary N) is 2. The predicted octanol–water partition coefficient (Wildman–Crippen LogP) is 2.47. The van der Waals surface area contributed by atoms with Crippen LogP contribution in [0.1, 0.15) is 5.56 Å². The van der Waals surface area contributed by atoms with Crippen LogP contribution in [0, 0.1) is 0 Å². The number of hydrogen-bond donors (Lipinski definition) is 3. The highest BCUT2D eigenvalue weighted by Crippen LogP contribution is 2.25. The Balaban J connectivity index is 2.31. The smallest absolute Gasteiger partial charge is 0.238 e. The summed E-state index contributed by atoms with van der Waals surface area (Å²) in [5.41, 5.74) is 7.68. The topological polar surface area (TPSA) is 98.2 Å². The standard InChI is InChI=1S/C13H12BrN3O2S2/c14-12-7-9(4-5-11(12)13(15)20)17-8-2-1-3-10(6-8)21(16,18)19/h1-7,17H,(H2,15,20)(H2,16,18,19). The van der Waals surface area contributed by atoms with Crippen LogP contribution in [0.4, 0.5) is 11.4 Å². The zero-order valence-electron chi connectivity index (χ0n) is 10.7. The first-order valence-corrected chi connectivity index (χ1v) is 8.51. The predicted molar refractivity (Wildman–Crippen MR) is 91.1 cm³/mol. The van der Waals surface area contributed by atoms with Gasteiger partial charge >= 0.3 is 0 Å². The second-order valence-corrected chi connectivity index (χ2v) is 7.11. The van der Waals surface area contributed by atoms with Crippen LogP contribution >= 0.6 is 28.1 Å². The summed E-state index contributed by atoms with van der Waals surface area (Å²) in [6.45, 7) is 0. The van der Waals surface area contributed by atoms with Gasteiger partial charge in [0.1, 0.15) is 4.99 Å². The van der Waals surface area contributed by atoms with Crippen LogP contribution in [0.3, 0.4) is 0 Å². The number of thiocarbonyl (C=S) groups is 1. The molecular weight excluding hydrogens is 374 g/mol. The van der Waals surface area contributed by atoms with Gasteiger partial charge < -0.3 is 11.1 Å². The minimum absolute atomic E-state index is 0.0475. The second kappa shape index (κ2) is 6.10. The first-order chi connectivity index (χ1) is 9.77. The molecule has 21 heavy (non-hydrogen) atoms. The molecule has 0 fully saturated rings. The molecule has 0 aliphatic heterocycles. The van der Waals surface area contributed by atoms with Gasteiger partial charge in [-0.2, -0.15) is 0 Å². The monoisotopic (exact) mass is 385 g/mol. The summed E-state index contributed by atoms with van der Waals surface area (Å²) in [6, 6.07) is 11.6. The van der Waals surface area contributed by atoms with Crippen LogP contribution in [0.2, 0.25) is 0 Å². The Hall–Kier alpha value is -1.48. The van der Waals surface area contributed by atoms with Crippen molar-refractivity contribution in [2.24, 2.45) is 10.9 Å². The number of benzene rings is 2. The average Bonchev–Trinajstić information content (AvgIpc) is 2.37. The lowest BCUT2D eigenvalue weighted by molar-refractivity contribution is 0.598. The molecule has 0 unspecified atom stereocenters. The van der Waals surface area contributed by atoms with E-state index in [2.05, 4.69) is 21.2 Å². The lowest BCUT2D eigenvalue weighted by Crippen LogP contribution is -2.12. The quantitative estimate of drug-likeness (QED) is 0.702. The van der Waals surface area contributed by atoms with Crippen LogP contribution in [0.25, 0.3) is 0 Å². The van der Waals surface area contributed by atoms with E-state index >= 15 is 0 Å². The van der Waals surface area contributed by atoms with Crippen molar-refractivity contribution in [1.29, 1.82) is 0 Å². The van der Waals surface area contributed by atoms with E-state index in [9.17, 15) is 8.42 Å². The van der Waals surface area contributed by atoms with Gasteiger partial charge in [0.05, 0.1) is 4.90 Å². The van der Waals surface area contributed by atoms with E-state index in [4.69, 9.17) is 23.1 Å². The average molecular weight is 386 g/mol. The lowest BCUT2D eigenvalue weighted by Gasteiger charge is -2.10. The molecule has 0 bridgehead atoms. The Morgan fingerprint density at radius 2 is 1.81 bits per heavy atom. The van der Waals surface area contributed by atoms with Crippen LogP contribution in [-0.4, -0.2) is 13.4 Å². The highest BCUT2D eigenvalue weighted by atomic mass is 79.9. The SMILES string of the molecule is NC(=S)c1ccc(Nc2cccc(S(N)(=O)=O)c2)cc1Br. The molecule has 5 nitrogen and oxygen atoms in total. The summed E-state index contributed by atoms with van der Waals surface area (Å²) >= 11 is 8.31. The first-order valence-electron chi connectivity index (χ1n) is 5.76. The number of sulfonamides is 1. The van der Waals surface area contributed by atoms with Crippen molar-refractivity contribution in [3.8, 4) is 0 Å². The van der Waals surface area contributed by atoms with Crippen molar-refractivity contribution < 1.29 is 8.42 Å².